The molecule has 0 aliphatic carbocycles. The lowest BCUT2D eigenvalue weighted by atomic mass is 10.1. The van der Waals surface area contributed by atoms with Crippen LogP contribution in [0.2, 0.25) is 0 Å². The number of carbonyl (C=O) groups is 2. The average molecular weight is 442 g/mol. The smallest absolute Gasteiger partial charge is 0.348 e. The molecule has 1 saturated heterocycles. The van der Waals surface area contributed by atoms with Gasteiger partial charge in [-0.15, -0.1) is 20.7 Å². The van der Waals surface area contributed by atoms with Crippen molar-refractivity contribution in [1.82, 2.24) is 5.64 Å². The van der Waals surface area contributed by atoms with Gasteiger partial charge in [0, 0.05) is 0 Å². The Morgan fingerprint density at radius 2 is 1.78 bits per heavy atom. The highest BCUT2D eigenvalue weighted by Crippen LogP contribution is 2.17. The van der Waals surface area contributed by atoms with Crippen LogP contribution in [0.3, 0.4) is 0 Å². The molecule has 1 unspecified atom stereocenters. The molecule has 1 aliphatic rings. The van der Waals surface area contributed by atoms with E-state index in [1.165, 1.54) is 32.8 Å². The number of halogens is 1. The quantitative estimate of drug-likeness (QED) is 0.146. The summed E-state index contributed by atoms with van der Waals surface area (Å²) in [5, 5.41) is 0. The molecule has 1 rings (SSSR count). The van der Waals surface area contributed by atoms with Gasteiger partial charge in [0.15, 0.2) is 6.10 Å². The van der Waals surface area contributed by atoms with Crippen LogP contribution < -0.4 is 11.4 Å². The van der Waals surface area contributed by atoms with Gasteiger partial charge in [-0.25, -0.2) is 4.79 Å². The van der Waals surface area contributed by atoms with Crippen molar-refractivity contribution in [2.75, 3.05) is 24.7 Å². The Morgan fingerprint density at radius 1 is 1.13 bits per heavy atom. The van der Waals surface area contributed by atoms with Crippen molar-refractivity contribution in [2.24, 2.45) is 5.73 Å². The number of Topliss-reactive ketones (excluding diaryl/α,β-unsaturated/α-hetero) is 1. The molecule has 0 bridgehead atoms. The molecule has 1 aliphatic heterocycles. The van der Waals surface area contributed by atoms with Crippen molar-refractivity contribution < 1.29 is 24.0 Å². The molecule has 0 aromatic heterocycles. The van der Waals surface area contributed by atoms with E-state index in [1.54, 1.807) is 0 Å². The molecular weight excluding hydrogens is 415 g/mol. The lowest BCUT2D eigenvalue weighted by Gasteiger charge is -2.06. The lowest BCUT2D eigenvalue weighted by Crippen LogP contribution is -2.28. The predicted molar refractivity (Wildman–Crippen MR) is 96.3 cm³/mol. The number of nitrogens with one attached hydrogen (secondary N) is 1. The van der Waals surface area contributed by atoms with Crippen LogP contribution in [0.15, 0.2) is 0 Å². The number of nitrogens with two attached hydrogens (primary N) is 1. The summed E-state index contributed by atoms with van der Waals surface area (Å²) in [5.41, 5.74) is 7.61. The van der Waals surface area contributed by atoms with Gasteiger partial charge < -0.3 is 10.5 Å². The largest absolute Gasteiger partial charge is 0.447 e. The molecule has 8 heteroatoms. The second kappa shape index (κ2) is 12.9. The summed E-state index contributed by atoms with van der Waals surface area (Å²) >= 11 is -0.569. The Morgan fingerprint density at radius 3 is 2.43 bits per heavy atom. The molecular formula is C15H27IN2O5. The zero-order valence-electron chi connectivity index (χ0n) is 13.6. The number of hydrogen-bond donors (Lipinski definition) is 2. The third-order valence-electron chi connectivity index (χ3n) is 3.38. The molecule has 0 spiro atoms. The SMILES string of the molecule is CONOCC1OC(=O)C(=ICCCCCCCCCN)C1=O. The molecule has 0 aromatic rings. The molecule has 1 heterocycles. The molecule has 0 aromatic carbocycles. The average Bonchev–Trinajstić information content (AvgIpc) is 2.81. The Hall–Kier alpha value is -0.420. The van der Waals surface area contributed by atoms with Crippen molar-refractivity contribution in [3.8, 4) is 0 Å². The summed E-state index contributed by atoms with van der Waals surface area (Å²) in [5.74, 6) is -0.682. The topological polar surface area (TPSA) is 99.9 Å². The Bertz CT molecular complexity index is 403. The van der Waals surface area contributed by atoms with Crippen molar-refractivity contribution in [2.45, 2.75) is 51.0 Å². The van der Waals surface area contributed by atoms with Gasteiger partial charge in [0.25, 0.3) is 0 Å². The van der Waals surface area contributed by atoms with Gasteiger partial charge in [-0.1, -0.05) is 37.7 Å². The van der Waals surface area contributed by atoms with E-state index in [9.17, 15) is 9.59 Å². The summed E-state index contributed by atoms with van der Waals surface area (Å²) in [4.78, 5) is 33.1. The molecule has 0 radical (unpaired) electrons. The van der Waals surface area contributed by atoms with Crippen molar-refractivity contribution in [1.29, 1.82) is 0 Å². The standard InChI is InChI=1S/C15H27IN2O5/c1-21-18-22-11-12-14(19)13(15(20)23-12)16-9-7-5-3-2-4-6-8-10-17/h12,18H,2-11,17H2,1H3. The van der Waals surface area contributed by atoms with Crippen molar-refractivity contribution in [3.63, 3.8) is 0 Å². The Balaban J connectivity index is 2.18. The van der Waals surface area contributed by atoms with Crippen LogP contribution in [0.25, 0.3) is 0 Å². The Kier molecular flexibility index (Phi) is 11.6. The number of cyclic esters (lactones) is 1. The normalized spacial score (nSPS) is 19.9. The number of hydrogen-bond acceptors (Lipinski definition) is 7. The third-order valence-corrected chi connectivity index (χ3v) is 6.42. The summed E-state index contributed by atoms with van der Waals surface area (Å²) in [6.07, 6.45) is 7.41. The highest BCUT2D eigenvalue weighted by molar-refractivity contribution is 14.2. The molecule has 0 saturated carbocycles. The van der Waals surface area contributed by atoms with Gasteiger partial charge in [-0.2, -0.15) is 0 Å². The van der Waals surface area contributed by atoms with Gasteiger partial charge in [0.2, 0.25) is 5.78 Å². The summed E-state index contributed by atoms with van der Waals surface area (Å²) in [7, 11) is 1.39. The van der Waals surface area contributed by atoms with Crippen molar-refractivity contribution in [3.05, 3.63) is 0 Å². The molecule has 7 nitrogen and oxygen atoms in total. The predicted octanol–water partition coefficient (Wildman–Crippen LogP) is 1.40. The van der Waals surface area contributed by atoms with Crippen LogP contribution in [0.5, 0.6) is 0 Å². The maximum Gasteiger partial charge on any atom is 0.348 e. The molecule has 3 N–H and O–H groups in total. The minimum absolute atomic E-state index is 0.0333. The van der Waals surface area contributed by atoms with Crippen LogP contribution in [0.1, 0.15) is 44.9 Å². The fourth-order valence-electron chi connectivity index (χ4n) is 2.16. The van der Waals surface area contributed by atoms with Gasteiger partial charge in [0.1, 0.15) is 10.1 Å². The Labute approximate surface area is 147 Å². The maximum absolute atomic E-state index is 12.1. The van der Waals surface area contributed by atoms with E-state index in [0.29, 0.717) is 3.51 Å². The fraction of sp³-hybridized carbons (Fsp3) is 0.800. The highest BCUT2D eigenvalue weighted by atomic mass is 127. The van der Waals surface area contributed by atoms with E-state index in [4.69, 9.17) is 15.3 Å². The van der Waals surface area contributed by atoms with Gasteiger partial charge in [-0.3, -0.25) is 14.5 Å². The summed E-state index contributed by atoms with van der Waals surface area (Å²) in [6.45, 7) is 0.745. The zero-order chi connectivity index (χ0) is 16.9. The van der Waals surface area contributed by atoms with Crippen LogP contribution in [-0.4, -0.2) is 46.1 Å². The van der Waals surface area contributed by atoms with Gasteiger partial charge >= 0.3 is 5.97 Å². The summed E-state index contributed by atoms with van der Waals surface area (Å²) in [6, 6.07) is 0. The first-order valence-electron chi connectivity index (χ1n) is 8.01. The van der Waals surface area contributed by atoms with E-state index >= 15 is 0 Å². The minimum atomic E-state index is -0.831. The number of alkyl halides is 1. The van der Waals surface area contributed by atoms with Crippen LogP contribution >= 0.6 is 20.7 Å². The van der Waals surface area contributed by atoms with Crippen LogP contribution in [0, 0.1) is 0 Å². The maximum atomic E-state index is 12.1. The number of esters is 1. The monoisotopic (exact) mass is 442 g/mol. The second-order valence-electron chi connectivity index (χ2n) is 5.26. The molecule has 23 heavy (non-hydrogen) atoms. The third kappa shape index (κ3) is 8.30. The number of rotatable bonds is 13. The van der Waals surface area contributed by atoms with E-state index in [1.807, 2.05) is 0 Å². The van der Waals surface area contributed by atoms with Gasteiger partial charge in [-0.05, 0) is 23.8 Å². The van der Waals surface area contributed by atoms with Gasteiger partial charge in [0.05, 0.1) is 7.11 Å². The van der Waals surface area contributed by atoms with E-state index in [2.05, 4.69) is 10.5 Å². The molecule has 1 atom stereocenters. The molecule has 0 amide bonds. The zero-order valence-corrected chi connectivity index (χ0v) is 15.8. The molecule has 134 valence electrons. The second-order valence-corrected chi connectivity index (χ2v) is 8.18. The first-order valence-corrected chi connectivity index (χ1v) is 10.6. The van der Waals surface area contributed by atoms with E-state index in [0.717, 1.165) is 30.2 Å². The lowest BCUT2D eigenvalue weighted by molar-refractivity contribution is -0.175. The first-order chi connectivity index (χ1) is 11.2. The van der Waals surface area contributed by atoms with E-state index in [-0.39, 0.29) is 12.4 Å². The molecule has 1 fully saturated rings. The van der Waals surface area contributed by atoms with Crippen LogP contribution in [0.4, 0.5) is 0 Å². The van der Waals surface area contributed by atoms with Crippen LogP contribution in [-0.2, 0) is 24.0 Å². The highest BCUT2D eigenvalue weighted by Gasteiger charge is 2.39. The number of unbranched alkanes of at least 4 members (excludes halogenated alkanes) is 6. The minimum Gasteiger partial charge on any atom is -0.447 e. The number of ketones is 1. The fourth-order valence-corrected chi connectivity index (χ4v) is 4.78. The summed E-state index contributed by atoms with van der Waals surface area (Å²) < 4.78 is 6.36. The van der Waals surface area contributed by atoms with E-state index < -0.39 is 32.8 Å². The number of carbonyl (C=O) groups excluding carboxylic acids is 2. The first kappa shape index (κ1) is 20.6. The number of ether oxygens (including phenoxy) is 1. The van der Waals surface area contributed by atoms with Crippen molar-refractivity contribution >= 4 is 36.0 Å².